The molecule has 1 saturated carbocycles. The largest absolute Gasteiger partial charge is 0.459 e. The van der Waals surface area contributed by atoms with Crippen molar-refractivity contribution in [3.8, 4) is 0 Å². The molecule has 0 spiro atoms. The van der Waals surface area contributed by atoms with Crippen LogP contribution in [0.5, 0.6) is 0 Å². The van der Waals surface area contributed by atoms with Crippen molar-refractivity contribution in [2.45, 2.75) is 52.6 Å². The van der Waals surface area contributed by atoms with E-state index in [2.05, 4.69) is 38.8 Å². The number of hydrogen-bond acceptors (Lipinski definition) is 3. The highest BCUT2D eigenvalue weighted by molar-refractivity contribution is 5.89. The molecule has 1 heterocycles. The van der Waals surface area contributed by atoms with Crippen LogP contribution in [0.2, 0.25) is 0 Å². The van der Waals surface area contributed by atoms with E-state index in [1.54, 1.807) is 0 Å². The van der Waals surface area contributed by atoms with E-state index >= 15 is 0 Å². The Morgan fingerprint density at radius 1 is 1.40 bits per heavy atom. The second-order valence-corrected chi connectivity index (χ2v) is 7.03. The molecule has 0 N–H and O–H groups in total. The highest BCUT2D eigenvalue weighted by Gasteiger charge is 2.34. The highest BCUT2D eigenvalue weighted by atomic mass is 16.5. The number of nitrogens with zero attached hydrogens (tertiary/aromatic N) is 1. The van der Waals surface area contributed by atoms with Crippen molar-refractivity contribution in [2.75, 3.05) is 20.1 Å². The lowest BCUT2D eigenvalue weighted by Crippen LogP contribution is -2.37. The van der Waals surface area contributed by atoms with E-state index in [9.17, 15) is 4.79 Å². The molecule has 2 rings (SSSR count). The molecule has 3 atom stereocenters. The number of ether oxygens (including phenoxy) is 1. The fourth-order valence-corrected chi connectivity index (χ4v) is 3.50. The van der Waals surface area contributed by atoms with Crippen LogP contribution in [-0.2, 0) is 9.53 Å². The maximum absolute atomic E-state index is 12.4. The Morgan fingerprint density at radius 3 is 2.80 bits per heavy atom. The Balaban J connectivity index is 1.99. The predicted octanol–water partition coefficient (Wildman–Crippen LogP) is 3.25. The van der Waals surface area contributed by atoms with E-state index in [1.165, 1.54) is 12.8 Å². The van der Waals surface area contributed by atoms with Gasteiger partial charge >= 0.3 is 5.97 Å². The molecule has 0 unspecified atom stereocenters. The van der Waals surface area contributed by atoms with Crippen LogP contribution in [0.25, 0.3) is 0 Å². The minimum absolute atomic E-state index is 0.0821. The molecule has 3 heteroatoms. The highest BCUT2D eigenvalue weighted by Crippen LogP contribution is 2.35. The van der Waals surface area contributed by atoms with Gasteiger partial charge < -0.3 is 9.64 Å². The average molecular weight is 279 g/mol. The Hall–Kier alpha value is -0.830. The van der Waals surface area contributed by atoms with Crippen molar-refractivity contribution in [1.82, 2.24) is 4.90 Å². The summed E-state index contributed by atoms with van der Waals surface area (Å²) in [5.74, 6) is 1.70. The molecule has 0 bridgehead atoms. The van der Waals surface area contributed by atoms with Crippen LogP contribution in [0, 0.1) is 17.8 Å². The molecule has 1 fully saturated rings. The first-order valence-corrected chi connectivity index (χ1v) is 8.06. The first-order chi connectivity index (χ1) is 9.47. The van der Waals surface area contributed by atoms with Crippen LogP contribution in [0.4, 0.5) is 0 Å². The molecular weight excluding hydrogens is 250 g/mol. The van der Waals surface area contributed by atoms with Gasteiger partial charge in [0.05, 0.1) is 0 Å². The molecular formula is C17H29NO2. The summed E-state index contributed by atoms with van der Waals surface area (Å²) in [5, 5.41) is 0. The molecule has 0 aromatic rings. The Morgan fingerprint density at radius 2 is 2.15 bits per heavy atom. The van der Waals surface area contributed by atoms with E-state index in [1.807, 2.05) is 0 Å². The Bertz CT molecular complexity index is 375. The van der Waals surface area contributed by atoms with Crippen molar-refractivity contribution < 1.29 is 9.53 Å². The molecule has 0 aromatic carbocycles. The molecule has 114 valence electrons. The van der Waals surface area contributed by atoms with Crippen LogP contribution in [0.3, 0.4) is 0 Å². The van der Waals surface area contributed by atoms with E-state index < -0.39 is 0 Å². The van der Waals surface area contributed by atoms with Gasteiger partial charge in [0.2, 0.25) is 0 Å². The standard InChI is InChI=1S/C17H29NO2/c1-12(2)15-8-7-13(3)10-16(15)20-17(19)14-6-5-9-18(4)11-14/h6,12-13,15-16H,5,7-11H2,1-4H3/t13-,15+,16-/m1/s1. The number of carbonyl (C=O) groups is 1. The van der Waals surface area contributed by atoms with Gasteiger partial charge in [-0.25, -0.2) is 4.79 Å². The third-order valence-corrected chi connectivity index (χ3v) is 4.82. The second kappa shape index (κ2) is 6.75. The minimum atomic E-state index is -0.0821. The fraction of sp³-hybridized carbons (Fsp3) is 0.824. The topological polar surface area (TPSA) is 29.5 Å². The maximum atomic E-state index is 12.4. The lowest BCUT2D eigenvalue weighted by atomic mass is 9.75. The van der Waals surface area contributed by atoms with Gasteiger partial charge in [-0.05, 0) is 44.1 Å². The SMILES string of the molecule is CC(C)[C@@H]1CC[C@@H](C)C[C@H]1OC(=O)C1=CCCN(C)C1. The van der Waals surface area contributed by atoms with Crippen molar-refractivity contribution in [3.63, 3.8) is 0 Å². The molecule has 20 heavy (non-hydrogen) atoms. The number of esters is 1. The van der Waals surface area contributed by atoms with Crippen molar-refractivity contribution in [1.29, 1.82) is 0 Å². The molecule has 0 saturated heterocycles. The first-order valence-electron chi connectivity index (χ1n) is 8.06. The summed E-state index contributed by atoms with van der Waals surface area (Å²) in [7, 11) is 2.06. The summed E-state index contributed by atoms with van der Waals surface area (Å²) in [5.41, 5.74) is 0.847. The van der Waals surface area contributed by atoms with E-state index in [4.69, 9.17) is 4.74 Å². The summed E-state index contributed by atoms with van der Waals surface area (Å²) < 4.78 is 5.89. The monoisotopic (exact) mass is 279 g/mol. The van der Waals surface area contributed by atoms with Gasteiger partial charge in [-0.2, -0.15) is 0 Å². The average Bonchev–Trinajstić information content (AvgIpc) is 2.38. The van der Waals surface area contributed by atoms with Gasteiger partial charge in [0, 0.05) is 18.7 Å². The van der Waals surface area contributed by atoms with Crippen LogP contribution >= 0.6 is 0 Å². The van der Waals surface area contributed by atoms with Gasteiger partial charge in [0.1, 0.15) is 6.10 Å². The smallest absolute Gasteiger partial charge is 0.335 e. The quantitative estimate of drug-likeness (QED) is 0.743. The van der Waals surface area contributed by atoms with Gasteiger partial charge in [0.15, 0.2) is 0 Å². The zero-order valence-electron chi connectivity index (χ0n) is 13.4. The lowest BCUT2D eigenvalue weighted by molar-refractivity contribution is -0.151. The maximum Gasteiger partial charge on any atom is 0.335 e. The molecule has 1 aliphatic carbocycles. The fourth-order valence-electron chi connectivity index (χ4n) is 3.50. The minimum Gasteiger partial charge on any atom is -0.459 e. The molecule has 2 aliphatic rings. The predicted molar refractivity (Wildman–Crippen MR) is 81.4 cm³/mol. The summed E-state index contributed by atoms with van der Waals surface area (Å²) in [6.45, 7) is 8.52. The normalized spacial score (nSPS) is 32.0. The third-order valence-electron chi connectivity index (χ3n) is 4.82. The molecule has 3 nitrogen and oxygen atoms in total. The van der Waals surface area contributed by atoms with Crippen molar-refractivity contribution in [2.24, 2.45) is 17.8 Å². The van der Waals surface area contributed by atoms with Crippen molar-refractivity contribution >= 4 is 5.97 Å². The van der Waals surface area contributed by atoms with Gasteiger partial charge in [-0.15, -0.1) is 0 Å². The second-order valence-electron chi connectivity index (χ2n) is 7.03. The Labute approximate surface area is 123 Å². The summed E-state index contributed by atoms with van der Waals surface area (Å²) in [6, 6.07) is 0. The van der Waals surface area contributed by atoms with Crippen LogP contribution in [-0.4, -0.2) is 37.1 Å². The number of carbonyl (C=O) groups excluding carboxylic acids is 1. The van der Waals surface area contributed by atoms with E-state index in [-0.39, 0.29) is 12.1 Å². The number of hydrogen-bond donors (Lipinski definition) is 0. The van der Waals surface area contributed by atoms with Gasteiger partial charge in [-0.3, -0.25) is 0 Å². The molecule has 0 radical (unpaired) electrons. The van der Waals surface area contributed by atoms with E-state index in [0.29, 0.717) is 17.8 Å². The van der Waals surface area contributed by atoms with Gasteiger partial charge in [0.25, 0.3) is 0 Å². The van der Waals surface area contributed by atoms with Crippen LogP contribution in [0.1, 0.15) is 46.5 Å². The van der Waals surface area contributed by atoms with Crippen LogP contribution in [0.15, 0.2) is 11.6 Å². The van der Waals surface area contributed by atoms with Crippen molar-refractivity contribution in [3.05, 3.63) is 11.6 Å². The first kappa shape index (κ1) is 15.6. The zero-order chi connectivity index (χ0) is 14.7. The zero-order valence-corrected chi connectivity index (χ0v) is 13.4. The summed E-state index contributed by atoms with van der Waals surface area (Å²) in [4.78, 5) is 14.6. The summed E-state index contributed by atoms with van der Waals surface area (Å²) in [6.07, 6.45) is 6.60. The number of likely N-dealkylation sites (N-methyl/N-ethyl adjacent to an activating group) is 1. The molecule has 0 amide bonds. The Kier molecular flexibility index (Phi) is 5.25. The number of rotatable bonds is 3. The third kappa shape index (κ3) is 3.85. The molecule has 1 aliphatic heterocycles. The lowest BCUT2D eigenvalue weighted by Gasteiger charge is -2.37. The summed E-state index contributed by atoms with van der Waals surface area (Å²) >= 11 is 0. The molecule has 0 aromatic heterocycles. The van der Waals surface area contributed by atoms with E-state index in [0.717, 1.165) is 31.5 Å². The van der Waals surface area contributed by atoms with Crippen LogP contribution < -0.4 is 0 Å². The van der Waals surface area contributed by atoms with Gasteiger partial charge in [-0.1, -0.05) is 33.3 Å².